The molecule has 0 aliphatic carbocycles. The van der Waals surface area contributed by atoms with Gasteiger partial charge in [-0.15, -0.1) is 0 Å². The highest BCUT2D eigenvalue weighted by molar-refractivity contribution is 5.86. The van der Waals surface area contributed by atoms with Gasteiger partial charge in [0.25, 0.3) is 0 Å². The van der Waals surface area contributed by atoms with Crippen molar-refractivity contribution in [1.29, 1.82) is 0 Å². The highest BCUT2D eigenvalue weighted by Crippen LogP contribution is 2.15. The summed E-state index contributed by atoms with van der Waals surface area (Å²) in [6, 6.07) is 1.34. The number of pyridine rings is 1. The molecule has 0 saturated heterocycles. The smallest absolute Gasteiger partial charge is 0.329 e. The number of nitrogens with zero attached hydrogens (tertiary/aromatic N) is 1. The Kier molecular flexibility index (Phi) is 5.49. The van der Waals surface area contributed by atoms with Gasteiger partial charge in [0.1, 0.15) is 5.54 Å². The molecule has 1 heterocycles. The summed E-state index contributed by atoms with van der Waals surface area (Å²) in [5, 5.41) is 14.5. The summed E-state index contributed by atoms with van der Waals surface area (Å²) >= 11 is 0. The predicted octanol–water partition coefficient (Wildman–Crippen LogP) is 1.83. The molecule has 0 bridgehead atoms. The maximum atomic E-state index is 11.9. The number of aromatic nitrogens is 1. The summed E-state index contributed by atoms with van der Waals surface area (Å²) in [5.74, 6) is -1.02. The third-order valence-corrected chi connectivity index (χ3v) is 3.55. The van der Waals surface area contributed by atoms with Gasteiger partial charge in [0.15, 0.2) is 0 Å². The molecule has 0 saturated carbocycles. The van der Waals surface area contributed by atoms with E-state index in [0.29, 0.717) is 19.4 Å². The van der Waals surface area contributed by atoms with Gasteiger partial charge < -0.3 is 15.7 Å². The van der Waals surface area contributed by atoms with E-state index in [1.165, 1.54) is 0 Å². The molecule has 0 spiro atoms. The Bertz CT molecular complexity index is 484. The lowest BCUT2D eigenvalue weighted by molar-refractivity contribution is -0.144. The fourth-order valence-corrected chi connectivity index (χ4v) is 1.92. The van der Waals surface area contributed by atoms with Crippen LogP contribution in [0.3, 0.4) is 0 Å². The highest BCUT2D eigenvalue weighted by Gasteiger charge is 2.36. The maximum absolute atomic E-state index is 11.9. The quantitative estimate of drug-likeness (QED) is 0.741. The van der Waals surface area contributed by atoms with Gasteiger partial charge in [-0.1, -0.05) is 13.8 Å². The van der Waals surface area contributed by atoms with Crippen molar-refractivity contribution in [3.63, 3.8) is 0 Å². The first-order valence-electron chi connectivity index (χ1n) is 6.64. The van der Waals surface area contributed by atoms with Gasteiger partial charge in [0, 0.05) is 18.9 Å². The number of amides is 2. The zero-order valence-electron chi connectivity index (χ0n) is 12.1. The highest BCUT2D eigenvalue weighted by atomic mass is 16.4. The van der Waals surface area contributed by atoms with Crippen LogP contribution >= 0.6 is 0 Å². The molecule has 2 amide bonds. The Morgan fingerprint density at radius 3 is 2.50 bits per heavy atom. The molecule has 20 heavy (non-hydrogen) atoms. The molecule has 1 rings (SSSR count). The first-order chi connectivity index (χ1) is 9.45. The lowest BCUT2D eigenvalue weighted by Crippen LogP contribution is -2.56. The van der Waals surface area contributed by atoms with E-state index in [1.807, 2.05) is 13.0 Å². The minimum Gasteiger partial charge on any atom is -0.480 e. The number of carboxylic acid groups (broad SMARTS) is 1. The van der Waals surface area contributed by atoms with Crippen LogP contribution in [-0.2, 0) is 11.3 Å². The number of hydrogen-bond donors (Lipinski definition) is 3. The van der Waals surface area contributed by atoms with Crippen molar-refractivity contribution < 1.29 is 14.7 Å². The molecule has 1 aromatic heterocycles. The van der Waals surface area contributed by atoms with Crippen LogP contribution < -0.4 is 10.6 Å². The van der Waals surface area contributed by atoms with E-state index in [4.69, 9.17) is 0 Å². The molecule has 0 unspecified atom stereocenters. The summed E-state index contributed by atoms with van der Waals surface area (Å²) in [4.78, 5) is 27.1. The molecule has 0 aliphatic heterocycles. The molecule has 0 aromatic carbocycles. The van der Waals surface area contributed by atoms with Crippen molar-refractivity contribution >= 4 is 12.0 Å². The fraction of sp³-hybridized carbons (Fsp3) is 0.500. The Balaban J connectivity index is 2.64. The lowest BCUT2D eigenvalue weighted by Gasteiger charge is -2.28. The van der Waals surface area contributed by atoms with E-state index in [-0.39, 0.29) is 0 Å². The zero-order chi connectivity index (χ0) is 15.2. The topological polar surface area (TPSA) is 91.3 Å². The number of urea groups is 1. The van der Waals surface area contributed by atoms with Crippen molar-refractivity contribution in [2.75, 3.05) is 0 Å². The van der Waals surface area contributed by atoms with Gasteiger partial charge in [-0.25, -0.2) is 9.59 Å². The van der Waals surface area contributed by atoms with E-state index in [2.05, 4.69) is 15.6 Å². The number of carbonyl (C=O) groups excluding carboxylic acids is 1. The number of rotatable bonds is 6. The first kappa shape index (κ1) is 15.9. The second-order valence-corrected chi connectivity index (χ2v) is 4.70. The zero-order valence-corrected chi connectivity index (χ0v) is 12.1. The number of aliphatic carboxylic acids is 1. The number of carboxylic acids is 1. The molecular weight excluding hydrogens is 258 g/mol. The Labute approximate surface area is 118 Å². The van der Waals surface area contributed by atoms with Crippen LogP contribution in [0.4, 0.5) is 4.79 Å². The molecule has 1 aromatic rings. The van der Waals surface area contributed by atoms with Crippen LogP contribution in [0.5, 0.6) is 0 Å². The van der Waals surface area contributed by atoms with Gasteiger partial charge in [-0.2, -0.15) is 0 Å². The molecular formula is C14H21N3O3. The van der Waals surface area contributed by atoms with Gasteiger partial charge in [-0.3, -0.25) is 4.98 Å². The normalized spacial score (nSPS) is 10.9. The van der Waals surface area contributed by atoms with E-state index in [0.717, 1.165) is 11.1 Å². The van der Waals surface area contributed by atoms with Crippen LogP contribution in [0.1, 0.15) is 37.8 Å². The summed E-state index contributed by atoms with van der Waals surface area (Å²) in [6.45, 7) is 5.72. The Morgan fingerprint density at radius 1 is 1.35 bits per heavy atom. The van der Waals surface area contributed by atoms with Crippen LogP contribution in [0.15, 0.2) is 18.5 Å². The van der Waals surface area contributed by atoms with Crippen LogP contribution in [0.25, 0.3) is 0 Å². The second kappa shape index (κ2) is 6.88. The van der Waals surface area contributed by atoms with Crippen molar-refractivity contribution in [2.24, 2.45) is 0 Å². The SMILES string of the molecule is CCC(CC)(NC(=O)NCc1ccncc1C)C(=O)O. The fourth-order valence-electron chi connectivity index (χ4n) is 1.92. The molecule has 0 radical (unpaired) electrons. The molecule has 110 valence electrons. The Morgan fingerprint density at radius 2 is 2.00 bits per heavy atom. The largest absolute Gasteiger partial charge is 0.480 e. The van der Waals surface area contributed by atoms with Crippen LogP contribution in [-0.4, -0.2) is 27.6 Å². The monoisotopic (exact) mass is 279 g/mol. The number of nitrogens with one attached hydrogen (secondary N) is 2. The van der Waals surface area contributed by atoms with Crippen LogP contribution in [0, 0.1) is 6.92 Å². The Hall–Kier alpha value is -2.11. The maximum Gasteiger partial charge on any atom is 0.329 e. The number of carbonyl (C=O) groups is 2. The van der Waals surface area contributed by atoms with Crippen molar-refractivity contribution in [1.82, 2.24) is 15.6 Å². The van der Waals surface area contributed by atoms with Crippen molar-refractivity contribution in [3.05, 3.63) is 29.6 Å². The van der Waals surface area contributed by atoms with Gasteiger partial charge in [0.2, 0.25) is 0 Å². The molecule has 6 heteroatoms. The minimum absolute atomic E-state index is 0.334. The predicted molar refractivity (Wildman–Crippen MR) is 75.3 cm³/mol. The van der Waals surface area contributed by atoms with Gasteiger partial charge >= 0.3 is 12.0 Å². The van der Waals surface area contributed by atoms with Gasteiger partial charge in [0.05, 0.1) is 0 Å². The summed E-state index contributed by atoms with van der Waals surface area (Å²) in [5.41, 5.74) is 0.713. The van der Waals surface area contributed by atoms with Crippen molar-refractivity contribution in [2.45, 2.75) is 45.7 Å². The molecule has 0 atom stereocenters. The third-order valence-electron chi connectivity index (χ3n) is 3.55. The van der Waals surface area contributed by atoms with Crippen LogP contribution in [0.2, 0.25) is 0 Å². The summed E-state index contributed by atoms with van der Waals surface area (Å²) < 4.78 is 0. The average Bonchev–Trinajstić information content (AvgIpc) is 2.43. The third kappa shape index (κ3) is 3.69. The molecule has 0 fully saturated rings. The minimum atomic E-state index is -1.21. The van der Waals surface area contributed by atoms with E-state index in [9.17, 15) is 14.7 Å². The standard InChI is InChI=1S/C14H21N3O3/c1-4-14(5-2,12(18)19)17-13(20)16-9-11-6-7-15-8-10(11)3/h6-8H,4-5,9H2,1-3H3,(H,18,19)(H2,16,17,20). The first-order valence-corrected chi connectivity index (χ1v) is 6.64. The number of hydrogen-bond acceptors (Lipinski definition) is 3. The lowest BCUT2D eigenvalue weighted by atomic mass is 9.93. The van der Waals surface area contributed by atoms with Gasteiger partial charge in [-0.05, 0) is 37.0 Å². The van der Waals surface area contributed by atoms with E-state index < -0.39 is 17.5 Å². The summed E-state index contributed by atoms with van der Waals surface area (Å²) in [6.07, 6.45) is 4.04. The molecule has 6 nitrogen and oxygen atoms in total. The van der Waals surface area contributed by atoms with E-state index in [1.54, 1.807) is 26.2 Å². The molecule has 0 aliphatic rings. The van der Waals surface area contributed by atoms with Crippen molar-refractivity contribution in [3.8, 4) is 0 Å². The summed E-state index contributed by atoms with van der Waals surface area (Å²) in [7, 11) is 0. The number of aryl methyl sites for hydroxylation is 1. The average molecular weight is 279 g/mol. The van der Waals surface area contributed by atoms with E-state index >= 15 is 0 Å². The second-order valence-electron chi connectivity index (χ2n) is 4.70. The molecule has 3 N–H and O–H groups in total.